The Morgan fingerprint density at radius 3 is 2.72 bits per heavy atom. The number of carbonyl (C=O) groups excluding carboxylic acids is 1. The summed E-state index contributed by atoms with van der Waals surface area (Å²) >= 11 is 0. The second kappa shape index (κ2) is 10.2. The quantitative estimate of drug-likeness (QED) is 0.630. The van der Waals surface area contributed by atoms with Crippen molar-refractivity contribution in [3.05, 3.63) is 59.9 Å². The van der Waals surface area contributed by atoms with E-state index in [9.17, 15) is 14.3 Å². The van der Waals surface area contributed by atoms with Crippen molar-refractivity contribution < 1.29 is 23.8 Å². The van der Waals surface area contributed by atoms with Crippen molar-refractivity contribution in [2.24, 2.45) is 0 Å². The molecule has 2 aromatic rings. The van der Waals surface area contributed by atoms with Gasteiger partial charge in [-0.1, -0.05) is 18.2 Å². The molecule has 3 rings (SSSR count). The van der Waals surface area contributed by atoms with Crippen molar-refractivity contribution in [2.45, 2.75) is 32.1 Å². The number of likely N-dealkylation sites (tertiary alicyclic amines) is 1. The van der Waals surface area contributed by atoms with Crippen molar-refractivity contribution in [1.82, 2.24) is 10.2 Å². The van der Waals surface area contributed by atoms with E-state index in [1.54, 1.807) is 12.1 Å². The molecule has 2 N–H and O–H groups in total. The number of hydrogen-bond acceptors (Lipinski definition) is 5. The van der Waals surface area contributed by atoms with Gasteiger partial charge in [-0.25, -0.2) is 4.39 Å². The first kappa shape index (κ1) is 21.1. The number of aliphatic hydroxyl groups is 1. The molecule has 7 heteroatoms. The summed E-state index contributed by atoms with van der Waals surface area (Å²) < 4.78 is 24.7. The van der Waals surface area contributed by atoms with E-state index in [0.29, 0.717) is 38.5 Å². The fraction of sp³-hybridized carbons (Fsp3) is 0.409. The van der Waals surface area contributed by atoms with E-state index in [4.69, 9.17) is 9.47 Å². The molecule has 29 heavy (non-hydrogen) atoms. The maximum atomic E-state index is 13.3. The van der Waals surface area contributed by atoms with Gasteiger partial charge >= 0.3 is 0 Å². The average molecular weight is 402 g/mol. The van der Waals surface area contributed by atoms with E-state index >= 15 is 0 Å². The molecule has 1 aliphatic rings. The van der Waals surface area contributed by atoms with Crippen LogP contribution in [0.4, 0.5) is 4.39 Å². The Balaban J connectivity index is 1.43. The van der Waals surface area contributed by atoms with Crippen molar-refractivity contribution >= 4 is 5.91 Å². The molecule has 1 fully saturated rings. The molecule has 0 unspecified atom stereocenters. The molecule has 0 saturated carbocycles. The van der Waals surface area contributed by atoms with E-state index in [1.165, 1.54) is 19.1 Å². The number of hydrogen-bond donors (Lipinski definition) is 2. The highest BCUT2D eigenvalue weighted by Gasteiger charge is 2.33. The lowest BCUT2D eigenvalue weighted by atomic mass is 10.2. The minimum Gasteiger partial charge on any atom is -0.494 e. The molecule has 0 aliphatic carbocycles. The smallest absolute Gasteiger partial charge is 0.216 e. The van der Waals surface area contributed by atoms with Crippen LogP contribution in [-0.4, -0.2) is 54.4 Å². The van der Waals surface area contributed by atoms with Crippen LogP contribution in [0.5, 0.6) is 11.5 Å². The first-order chi connectivity index (χ1) is 14.0. The lowest BCUT2D eigenvalue weighted by Gasteiger charge is -2.17. The number of carbonyl (C=O) groups is 1. The van der Waals surface area contributed by atoms with E-state index in [2.05, 4.69) is 10.2 Å². The number of aliphatic hydroxyl groups excluding tert-OH is 1. The normalized spacial score (nSPS) is 19.1. The van der Waals surface area contributed by atoms with Gasteiger partial charge in [-0.3, -0.25) is 9.69 Å². The van der Waals surface area contributed by atoms with Crippen molar-refractivity contribution in [2.75, 3.05) is 26.2 Å². The Morgan fingerprint density at radius 1 is 1.21 bits per heavy atom. The van der Waals surface area contributed by atoms with Crippen molar-refractivity contribution in [1.29, 1.82) is 0 Å². The fourth-order valence-corrected chi connectivity index (χ4v) is 3.27. The second-order valence-corrected chi connectivity index (χ2v) is 7.20. The van der Waals surface area contributed by atoms with Gasteiger partial charge in [0.15, 0.2) is 0 Å². The van der Waals surface area contributed by atoms with E-state index in [-0.39, 0.29) is 17.8 Å². The largest absolute Gasteiger partial charge is 0.494 e. The van der Waals surface area contributed by atoms with Gasteiger partial charge in [0.25, 0.3) is 0 Å². The fourth-order valence-electron chi connectivity index (χ4n) is 3.27. The van der Waals surface area contributed by atoms with Crippen LogP contribution >= 0.6 is 0 Å². The third kappa shape index (κ3) is 6.73. The summed E-state index contributed by atoms with van der Waals surface area (Å²) in [6.45, 7) is 4.39. The zero-order valence-corrected chi connectivity index (χ0v) is 16.5. The molecule has 2 atom stereocenters. The number of halogens is 1. The number of nitrogens with one attached hydrogen (secondary N) is 1. The third-order valence-electron chi connectivity index (χ3n) is 4.69. The molecule has 1 aliphatic heterocycles. The molecule has 6 nitrogen and oxygen atoms in total. The summed E-state index contributed by atoms with van der Waals surface area (Å²) in [6.07, 6.45) is -0.257. The molecule has 0 radical (unpaired) electrons. The molecule has 0 bridgehead atoms. The Hall–Kier alpha value is -2.64. The molecular weight excluding hydrogens is 375 g/mol. The van der Waals surface area contributed by atoms with Crippen LogP contribution < -0.4 is 14.8 Å². The predicted octanol–water partition coefficient (Wildman–Crippen LogP) is 2.35. The van der Waals surface area contributed by atoms with Gasteiger partial charge in [0.05, 0.1) is 6.61 Å². The number of ether oxygens (including phenoxy) is 2. The molecule has 2 aromatic carbocycles. The van der Waals surface area contributed by atoms with Gasteiger partial charge < -0.3 is 19.9 Å². The summed E-state index contributed by atoms with van der Waals surface area (Å²) in [5, 5.41) is 13.0. The lowest BCUT2D eigenvalue weighted by molar-refractivity contribution is -0.118. The second-order valence-electron chi connectivity index (χ2n) is 7.20. The monoisotopic (exact) mass is 402 g/mol. The highest BCUT2D eigenvalue weighted by Crippen LogP contribution is 2.22. The van der Waals surface area contributed by atoms with Gasteiger partial charge in [-0.05, 0) is 36.2 Å². The van der Waals surface area contributed by atoms with Gasteiger partial charge in [0.1, 0.15) is 29.5 Å². The third-order valence-corrected chi connectivity index (χ3v) is 4.69. The Labute approximate surface area is 170 Å². The van der Waals surface area contributed by atoms with Crippen molar-refractivity contribution in [3.8, 4) is 11.5 Å². The summed E-state index contributed by atoms with van der Waals surface area (Å²) in [7, 11) is 0. The van der Waals surface area contributed by atoms with Crippen LogP contribution in [-0.2, 0) is 11.3 Å². The number of nitrogens with zero attached hydrogens (tertiary/aromatic N) is 1. The van der Waals surface area contributed by atoms with E-state index in [1.807, 2.05) is 24.3 Å². The standard InChI is InChI=1S/C22H27FN2O4/c1-16(26)24-10-3-11-28-19-8-6-17(7-9-19)13-25-14-21(27)22(15-25)29-20-5-2-4-18(23)12-20/h2,4-9,12,21-22,27H,3,10-11,13-15H2,1H3,(H,24,26)/t21-,22-/m0/s1. The summed E-state index contributed by atoms with van der Waals surface area (Å²) in [5.74, 6) is 0.815. The van der Waals surface area contributed by atoms with Crippen LogP contribution in [0.2, 0.25) is 0 Å². The van der Waals surface area contributed by atoms with Crippen LogP contribution in [0.25, 0.3) is 0 Å². The van der Waals surface area contributed by atoms with Gasteiger partial charge in [0.2, 0.25) is 5.91 Å². The van der Waals surface area contributed by atoms with Gasteiger partial charge in [-0.2, -0.15) is 0 Å². The minimum atomic E-state index is -0.621. The van der Waals surface area contributed by atoms with Gasteiger partial charge in [0, 0.05) is 39.2 Å². The number of amides is 1. The highest BCUT2D eigenvalue weighted by atomic mass is 19.1. The van der Waals surface area contributed by atoms with Crippen LogP contribution in [0.3, 0.4) is 0 Å². The lowest BCUT2D eigenvalue weighted by Crippen LogP contribution is -2.29. The van der Waals surface area contributed by atoms with E-state index in [0.717, 1.165) is 17.7 Å². The predicted molar refractivity (Wildman–Crippen MR) is 107 cm³/mol. The molecular formula is C22H27FN2O4. The SMILES string of the molecule is CC(=O)NCCCOc1ccc(CN2C[C@H](Oc3cccc(F)c3)[C@@H](O)C2)cc1. The molecule has 1 amide bonds. The van der Waals surface area contributed by atoms with Crippen molar-refractivity contribution in [3.63, 3.8) is 0 Å². The molecule has 1 heterocycles. The zero-order valence-electron chi connectivity index (χ0n) is 16.5. The maximum absolute atomic E-state index is 13.3. The number of benzene rings is 2. The summed E-state index contributed by atoms with van der Waals surface area (Å²) in [6, 6.07) is 13.8. The summed E-state index contributed by atoms with van der Waals surface area (Å²) in [5.41, 5.74) is 1.11. The van der Waals surface area contributed by atoms with E-state index < -0.39 is 6.10 Å². The molecule has 156 valence electrons. The topological polar surface area (TPSA) is 71.0 Å². The zero-order chi connectivity index (χ0) is 20.6. The van der Waals surface area contributed by atoms with Crippen LogP contribution in [0, 0.1) is 5.82 Å². The average Bonchev–Trinajstić information content (AvgIpc) is 3.01. The van der Waals surface area contributed by atoms with Crippen LogP contribution in [0.1, 0.15) is 18.9 Å². The number of β-amino-alcohol motifs (C(OH)–C–C–N with tert-alkyl or cyclic N) is 1. The van der Waals surface area contributed by atoms with Gasteiger partial charge in [-0.15, -0.1) is 0 Å². The van der Waals surface area contributed by atoms with Crippen LogP contribution in [0.15, 0.2) is 48.5 Å². The Kier molecular flexibility index (Phi) is 7.43. The number of rotatable bonds is 9. The first-order valence-corrected chi connectivity index (χ1v) is 9.78. The minimum absolute atomic E-state index is 0.0371. The summed E-state index contributed by atoms with van der Waals surface area (Å²) in [4.78, 5) is 12.9. The maximum Gasteiger partial charge on any atom is 0.216 e. The molecule has 0 spiro atoms. The first-order valence-electron chi connectivity index (χ1n) is 9.78. The Morgan fingerprint density at radius 2 is 2.00 bits per heavy atom. The Bertz CT molecular complexity index is 800. The highest BCUT2D eigenvalue weighted by molar-refractivity contribution is 5.72. The molecule has 0 aromatic heterocycles. The molecule has 1 saturated heterocycles.